The summed E-state index contributed by atoms with van der Waals surface area (Å²) in [5.74, 6) is -1.46. The molecule has 1 aromatic rings. The SMILES string of the molecule is O=C(O)CC1(CNC(=O)Nc2cc(Cl)ccc2F)CCC1. The zero-order valence-corrected chi connectivity index (χ0v) is 12.0. The van der Waals surface area contributed by atoms with Crippen LogP contribution in [0.5, 0.6) is 0 Å². The predicted molar refractivity (Wildman–Crippen MR) is 77.0 cm³/mol. The maximum Gasteiger partial charge on any atom is 0.319 e. The van der Waals surface area contributed by atoms with Crippen molar-refractivity contribution < 1.29 is 19.1 Å². The van der Waals surface area contributed by atoms with Crippen LogP contribution in [0.25, 0.3) is 0 Å². The second-order valence-electron chi connectivity index (χ2n) is 5.36. The summed E-state index contributed by atoms with van der Waals surface area (Å²) in [7, 11) is 0. The highest BCUT2D eigenvalue weighted by Gasteiger charge is 2.39. The molecule has 1 saturated carbocycles. The maximum absolute atomic E-state index is 13.5. The molecule has 7 heteroatoms. The highest BCUT2D eigenvalue weighted by Crippen LogP contribution is 2.43. The predicted octanol–water partition coefficient (Wildman–Crippen LogP) is 3.25. The van der Waals surface area contributed by atoms with Gasteiger partial charge in [0.05, 0.1) is 12.1 Å². The second kappa shape index (κ2) is 6.30. The molecule has 21 heavy (non-hydrogen) atoms. The number of amides is 2. The van der Waals surface area contributed by atoms with Crippen molar-refractivity contribution in [3.63, 3.8) is 0 Å². The van der Waals surface area contributed by atoms with Gasteiger partial charge in [0.15, 0.2) is 0 Å². The minimum absolute atomic E-state index is 0.0131. The van der Waals surface area contributed by atoms with E-state index in [1.807, 2.05) is 0 Å². The van der Waals surface area contributed by atoms with Crippen molar-refractivity contribution >= 4 is 29.3 Å². The molecule has 2 rings (SSSR count). The van der Waals surface area contributed by atoms with E-state index in [1.54, 1.807) is 0 Å². The average Bonchev–Trinajstić information content (AvgIpc) is 2.36. The summed E-state index contributed by atoms with van der Waals surface area (Å²) in [6.07, 6.45) is 2.52. The summed E-state index contributed by atoms with van der Waals surface area (Å²) in [6, 6.07) is 3.28. The lowest BCUT2D eigenvalue weighted by atomic mass is 9.66. The van der Waals surface area contributed by atoms with Crippen LogP contribution in [-0.4, -0.2) is 23.7 Å². The monoisotopic (exact) mass is 314 g/mol. The highest BCUT2D eigenvalue weighted by molar-refractivity contribution is 6.30. The number of carboxylic acid groups (broad SMARTS) is 1. The van der Waals surface area contributed by atoms with Crippen molar-refractivity contribution in [2.24, 2.45) is 5.41 Å². The molecule has 0 aliphatic heterocycles. The third kappa shape index (κ3) is 4.07. The molecule has 0 spiro atoms. The summed E-state index contributed by atoms with van der Waals surface area (Å²) in [5.41, 5.74) is -0.392. The summed E-state index contributed by atoms with van der Waals surface area (Å²) < 4.78 is 13.5. The van der Waals surface area contributed by atoms with E-state index in [-0.39, 0.29) is 24.1 Å². The molecule has 114 valence electrons. The van der Waals surface area contributed by atoms with Crippen LogP contribution in [0.3, 0.4) is 0 Å². The number of rotatable bonds is 5. The van der Waals surface area contributed by atoms with E-state index >= 15 is 0 Å². The molecular formula is C14H16ClFN2O3. The molecular weight excluding hydrogens is 299 g/mol. The van der Waals surface area contributed by atoms with E-state index in [0.29, 0.717) is 5.02 Å². The van der Waals surface area contributed by atoms with E-state index in [0.717, 1.165) is 25.3 Å². The van der Waals surface area contributed by atoms with Crippen molar-refractivity contribution in [2.45, 2.75) is 25.7 Å². The maximum atomic E-state index is 13.5. The molecule has 0 unspecified atom stereocenters. The van der Waals surface area contributed by atoms with E-state index < -0.39 is 17.8 Å². The smallest absolute Gasteiger partial charge is 0.319 e. The highest BCUT2D eigenvalue weighted by atomic mass is 35.5. The third-order valence-corrected chi connectivity index (χ3v) is 3.98. The number of carbonyl (C=O) groups excluding carboxylic acids is 1. The quantitative estimate of drug-likeness (QED) is 0.780. The van der Waals surface area contributed by atoms with Crippen LogP contribution in [0.4, 0.5) is 14.9 Å². The van der Waals surface area contributed by atoms with Gasteiger partial charge in [-0.25, -0.2) is 9.18 Å². The van der Waals surface area contributed by atoms with Crippen molar-refractivity contribution in [2.75, 3.05) is 11.9 Å². The number of halogens is 2. The van der Waals surface area contributed by atoms with Gasteiger partial charge in [-0.05, 0) is 36.5 Å². The van der Waals surface area contributed by atoms with Gasteiger partial charge < -0.3 is 15.7 Å². The first-order valence-electron chi connectivity index (χ1n) is 6.62. The second-order valence-corrected chi connectivity index (χ2v) is 5.79. The summed E-state index contributed by atoms with van der Waals surface area (Å²) in [5, 5.41) is 14.2. The van der Waals surface area contributed by atoms with Gasteiger partial charge in [0, 0.05) is 11.6 Å². The fourth-order valence-electron chi connectivity index (χ4n) is 2.44. The lowest BCUT2D eigenvalue weighted by molar-refractivity contribution is -0.141. The van der Waals surface area contributed by atoms with Gasteiger partial charge in [-0.1, -0.05) is 18.0 Å². The first kappa shape index (κ1) is 15.6. The lowest BCUT2D eigenvalue weighted by Gasteiger charge is -2.40. The molecule has 0 saturated heterocycles. The topological polar surface area (TPSA) is 78.4 Å². The van der Waals surface area contributed by atoms with Gasteiger partial charge >= 0.3 is 12.0 Å². The van der Waals surface area contributed by atoms with E-state index in [4.69, 9.17) is 16.7 Å². The number of anilines is 1. The molecule has 1 aliphatic carbocycles. The Bertz CT molecular complexity index is 561. The number of urea groups is 1. The zero-order valence-electron chi connectivity index (χ0n) is 11.3. The fourth-order valence-corrected chi connectivity index (χ4v) is 2.61. The number of carbonyl (C=O) groups is 2. The van der Waals surface area contributed by atoms with Crippen molar-refractivity contribution in [1.82, 2.24) is 5.32 Å². The number of benzene rings is 1. The summed E-state index contributed by atoms with van der Waals surface area (Å²) >= 11 is 5.74. The molecule has 0 heterocycles. The Labute approximate surface area is 126 Å². The Hall–Kier alpha value is -1.82. The van der Waals surface area contributed by atoms with Crippen LogP contribution in [-0.2, 0) is 4.79 Å². The average molecular weight is 315 g/mol. The van der Waals surface area contributed by atoms with Crippen LogP contribution in [0.2, 0.25) is 5.02 Å². The number of hydrogen-bond donors (Lipinski definition) is 3. The van der Waals surface area contributed by atoms with Gasteiger partial charge in [-0.15, -0.1) is 0 Å². The summed E-state index contributed by atoms with van der Waals surface area (Å²) in [6.45, 7) is 0.257. The van der Waals surface area contributed by atoms with E-state index in [2.05, 4.69) is 10.6 Å². The number of carboxylic acids is 1. The van der Waals surface area contributed by atoms with Gasteiger partial charge in [0.2, 0.25) is 0 Å². The Morgan fingerprint density at radius 3 is 2.67 bits per heavy atom. The Balaban J connectivity index is 1.90. The molecule has 0 radical (unpaired) electrons. The summed E-state index contributed by atoms with van der Waals surface area (Å²) in [4.78, 5) is 22.6. The normalized spacial score (nSPS) is 15.9. The molecule has 1 fully saturated rings. The van der Waals surface area contributed by atoms with Gasteiger partial charge in [0.1, 0.15) is 5.82 Å². The minimum atomic E-state index is -0.877. The third-order valence-electron chi connectivity index (χ3n) is 3.74. The van der Waals surface area contributed by atoms with Crippen molar-refractivity contribution in [3.8, 4) is 0 Å². The van der Waals surface area contributed by atoms with Crippen LogP contribution in [0.1, 0.15) is 25.7 Å². The van der Waals surface area contributed by atoms with Crippen molar-refractivity contribution in [3.05, 3.63) is 29.0 Å². The van der Waals surface area contributed by atoms with Gasteiger partial charge in [-0.2, -0.15) is 0 Å². The molecule has 2 amide bonds. The molecule has 5 nitrogen and oxygen atoms in total. The van der Waals surface area contributed by atoms with E-state index in [1.165, 1.54) is 12.1 Å². The minimum Gasteiger partial charge on any atom is -0.481 e. The van der Waals surface area contributed by atoms with Crippen LogP contribution in [0.15, 0.2) is 18.2 Å². The molecule has 3 N–H and O–H groups in total. The number of nitrogens with one attached hydrogen (secondary N) is 2. The zero-order chi connectivity index (χ0) is 15.5. The molecule has 0 bridgehead atoms. The first-order valence-corrected chi connectivity index (χ1v) is 7.00. The lowest BCUT2D eigenvalue weighted by Crippen LogP contribution is -2.44. The van der Waals surface area contributed by atoms with Gasteiger partial charge in [0.25, 0.3) is 0 Å². The van der Waals surface area contributed by atoms with Crippen LogP contribution < -0.4 is 10.6 Å². The molecule has 1 aliphatic rings. The van der Waals surface area contributed by atoms with E-state index in [9.17, 15) is 14.0 Å². The Kier molecular flexibility index (Phi) is 4.67. The first-order chi connectivity index (χ1) is 9.90. The molecule has 0 aromatic heterocycles. The van der Waals surface area contributed by atoms with Crippen LogP contribution >= 0.6 is 11.6 Å². The molecule has 0 atom stereocenters. The molecule has 1 aromatic carbocycles. The largest absolute Gasteiger partial charge is 0.481 e. The van der Waals surface area contributed by atoms with Crippen LogP contribution in [0, 0.1) is 11.2 Å². The van der Waals surface area contributed by atoms with Crippen molar-refractivity contribution in [1.29, 1.82) is 0 Å². The number of hydrogen-bond acceptors (Lipinski definition) is 2. The Morgan fingerprint density at radius 2 is 2.10 bits per heavy atom. The fraction of sp³-hybridized carbons (Fsp3) is 0.429. The van der Waals surface area contributed by atoms with Gasteiger partial charge in [-0.3, -0.25) is 4.79 Å². The number of aliphatic carboxylic acids is 1. The standard InChI is InChI=1S/C14H16ClFN2O3/c15-9-2-3-10(16)11(6-9)18-13(21)17-8-14(4-1-5-14)7-12(19)20/h2-3,6H,1,4-5,7-8H2,(H,19,20)(H2,17,18,21). The Morgan fingerprint density at radius 1 is 1.38 bits per heavy atom.